The maximum atomic E-state index is 14.8. The number of alkyl halides is 3. The second-order valence-corrected chi connectivity index (χ2v) is 24.0. The van der Waals surface area contributed by atoms with Gasteiger partial charge in [0.15, 0.2) is 35.4 Å². The van der Waals surface area contributed by atoms with E-state index >= 15 is 0 Å². The van der Waals surface area contributed by atoms with Crippen LogP contribution in [0.1, 0.15) is 64.5 Å². The van der Waals surface area contributed by atoms with Crippen LogP contribution in [0.5, 0.6) is 0 Å². The molecule has 4 N–H and O–H groups in total. The molecule has 0 radical (unpaired) electrons. The molecule has 0 spiro atoms. The number of hydrogen-bond acceptors (Lipinski definition) is 21. The van der Waals surface area contributed by atoms with Crippen LogP contribution in [-0.4, -0.2) is 223 Å². The van der Waals surface area contributed by atoms with Gasteiger partial charge in [-0.3, -0.25) is 29.3 Å². The zero-order valence-corrected chi connectivity index (χ0v) is 50.5. The Morgan fingerprint density at radius 3 is 1.17 bits per heavy atom. The number of aromatic nitrogens is 6. The fourth-order valence-electron chi connectivity index (χ4n) is 12.3. The van der Waals surface area contributed by atoms with Crippen molar-refractivity contribution in [2.24, 2.45) is 0 Å². The summed E-state index contributed by atoms with van der Waals surface area (Å²) < 4.78 is 61.7. The molecule has 90 heavy (non-hydrogen) atoms. The lowest BCUT2D eigenvalue weighted by Gasteiger charge is -2.38. The van der Waals surface area contributed by atoms with E-state index in [1.54, 1.807) is 55.4 Å². The van der Waals surface area contributed by atoms with E-state index in [0.29, 0.717) is 108 Å². The second-order valence-electron chi connectivity index (χ2n) is 24.0. The summed E-state index contributed by atoms with van der Waals surface area (Å²) in [6, 6.07) is 17.3. The summed E-state index contributed by atoms with van der Waals surface area (Å²) >= 11 is 0. The smallest absolute Gasteiger partial charge is 0.251 e. The van der Waals surface area contributed by atoms with Crippen molar-refractivity contribution in [2.45, 2.75) is 101 Å². The molecular formula is C63H77F3N18O6. The molecule has 27 heteroatoms. The Morgan fingerprint density at radius 2 is 0.878 bits per heavy atom. The summed E-state index contributed by atoms with van der Waals surface area (Å²) in [5.41, 5.74) is 0.556. The fourth-order valence-corrected chi connectivity index (χ4v) is 12.3. The lowest BCUT2D eigenvalue weighted by molar-refractivity contribution is -0.138. The highest BCUT2D eigenvalue weighted by Crippen LogP contribution is 2.33. The van der Waals surface area contributed by atoms with Gasteiger partial charge >= 0.3 is 0 Å². The first-order valence-electron chi connectivity index (χ1n) is 29.9. The minimum atomic E-state index is -1.41. The number of morpholine rings is 3. The van der Waals surface area contributed by atoms with Gasteiger partial charge in [0.2, 0.25) is 0 Å². The van der Waals surface area contributed by atoms with Crippen LogP contribution in [0.3, 0.4) is 0 Å². The molecule has 6 fully saturated rings. The maximum absolute atomic E-state index is 14.8. The molecule has 5 unspecified atom stereocenters. The van der Waals surface area contributed by atoms with Crippen LogP contribution in [0.25, 0.3) is 32.7 Å². The average molecular weight is 1240 g/mol. The van der Waals surface area contributed by atoms with Crippen molar-refractivity contribution in [1.29, 1.82) is 15.8 Å². The molecule has 0 bridgehead atoms. The number of nitrogens with one attached hydrogen (secondary N) is 4. The summed E-state index contributed by atoms with van der Waals surface area (Å²) in [7, 11) is 3.75. The van der Waals surface area contributed by atoms with Gasteiger partial charge in [-0.25, -0.2) is 28.1 Å². The molecule has 6 aromatic heterocycles. The first-order valence-corrected chi connectivity index (χ1v) is 29.9. The molecule has 6 aliphatic rings. The van der Waals surface area contributed by atoms with Crippen LogP contribution in [-0.2, 0) is 28.6 Å². The Kier molecular flexibility index (Phi) is 20.9. The highest BCUT2D eigenvalue weighted by atomic mass is 19.2. The van der Waals surface area contributed by atoms with Crippen LogP contribution < -0.4 is 36.0 Å². The van der Waals surface area contributed by atoms with Crippen molar-refractivity contribution < 1.29 is 41.8 Å². The van der Waals surface area contributed by atoms with E-state index in [4.69, 9.17) is 14.2 Å². The topological polar surface area (TPSA) is 292 Å². The molecule has 6 aliphatic heterocycles. The van der Waals surface area contributed by atoms with Gasteiger partial charge in [0.05, 0.1) is 93.2 Å². The monoisotopic (exact) mass is 1240 g/mol. The summed E-state index contributed by atoms with van der Waals surface area (Å²) in [5, 5.41) is 41.5. The number of hydrogen-bond donors (Lipinski definition) is 4. The minimum absolute atomic E-state index is 0. The highest BCUT2D eigenvalue weighted by Gasteiger charge is 2.42. The Bertz CT molecular complexity index is 3540. The van der Waals surface area contributed by atoms with E-state index in [9.17, 15) is 43.3 Å². The maximum Gasteiger partial charge on any atom is 0.251 e. The number of amides is 3. The molecule has 0 saturated carbocycles. The van der Waals surface area contributed by atoms with Crippen LogP contribution in [0, 0.1) is 34.0 Å². The first kappa shape index (κ1) is 65.9. The van der Waals surface area contributed by atoms with Crippen molar-refractivity contribution in [3.8, 4) is 18.2 Å². The molecule has 0 aromatic carbocycles. The van der Waals surface area contributed by atoms with Crippen molar-refractivity contribution >= 4 is 67.5 Å². The standard InChI is InChI=1S/2C21H25FN6O2.C20H23FN6O2.CH4/c2*1-14-10-28(17-9-25-16(8-23)19-15(17)4-3-6-24-19)11-18(30-14)20(29)26-12-21(22)5-7-27(2)13-21;1-13-9-27(16-8-25-15(7-22)18-14(16)3-2-5-24-18)10-17(29-13)19(28)26-12-20(21)4-6-23-11-20;/h2*3-4,6,9,14,18H,5,7,10-13H2,1-2H3,(H,26,29);2-3,5,8,13,17,23H,4,6,9-12H2,1H3,(H,26,28);1H4/t2*14?,18?,21-;13-,17?,20+;/m111./s1. The third kappa shape index (κ3) is 15.4. The van der Waals surface area contributed by atoms with E-state index in [1.165, 1.54) is 0 Å². The molecule has 24 nitrogen and oxygen atoms in total. The Hall–Kier alpha value is -8.49. The van der Waals surface area contributed by atoms with E-state index < -0.39 is 35.3 Å². The summed E-state index contributed by atoms with van der Waals surface area (Å²) in [5.74, 6) is -0.959. The predicted molar refractivity (Wildman–Crippen MR) is 331 cm³/mol. The number of carbonyl (C=O) groups is 3. The Balaban J connectivity index is 0.000000159. The molecule has 0 aliphatic carbocycles. The van der Waals surface area contributed by atoms with Crippen molar-refractivity contribution in [1.82, 2.24) is 61.0 Å². The second kappa shape index (κ2) is 28.6. The number of fused-ring (bicyclic) bond motifs is 3. The predicted octanol–water partition coefficient (Wildman–Crippen LogP) is 4.06. The van der Waals surface area contributed by atoms with Gasteiger partial charge in [-0.15, -0.1) is 0 Å². The number of ether oxygens (including phenoxy) is 3. The first-order chi connectivity index (χ1) is 42.8. The Labute approximate surface area is 521 Å². The van der Waals surface area contributed by atoms with Gasteiger partial charge in [-0.1, -0.05) is 7.43 Å². The lowest BCUT2D eigenvalue weighted by Crippen LogP contribution is -2.54. The van der Waals surface area contributed by atoms with E-state index in [2.05, 4.69) is 69.4 Å². The van der Waals surface area contributed by atoms with Crippen molar-refractivity contribution in [2.75, 3.05) is 127 Å². The minimum Gasteiger partial charge on any atom is -0.364 e. The van der Waals surface area contributed by atoms with Gasteiger partial charge in [-0.2, -0.15) is 15.8 Å². The van der Waals surface area contributed by atoms with Crippen LogP contribution >= 0.6 is 0 Å². The fraction of sp³-hybridized carbons (Fsp3) is 0.524. The molecular weight excluding hydrogens is 1160 g/mol. The molecule has 3 amide bonds. The van der Waals surface area contributed by atoms with Gasteiger partial charge in [0, 0.05) is 87.1 Å². The third-order valence-electron chi connectivity index (χ3n) is 16.8. The lowest BCUT2D eigenvalue weighted by atomic mass is 10.1. The average Bonchev–Trinajstić information content (AvgIpc) is 1.11. The van der Waals surface area contributed by atoms with Gasteiger partial charge in [0.1, 0.15) is 51.8 Å². The zero-order chi connectivity index (χ0) is 63.0. The zero-order valence-electron chi connectivity index (χ0n) is 50.5. The van der Waals surface area contributed by atoms with Crippen LogP contribution in [0.15, 0.2) is 73.6 Å². The number of nitriles is 3. The normalized spacial score (nSPS) is 26.8. The van der Waals surface area contributed by atoms with Gasteiger partial charge < -0.3 is 60.0 Å². The molecule has 9 atom stereocenters. The molecule has 476 valence electrons. The summed E-state index contributed by atoms with van der Waals surface area (Å²) in [4.78, 5) is 73.7. The number of halogens is 3. The molecule has 12 heterocycles. The van der Waals surface area contributed by atoms with Crippen molar-refractivity contribution in [3.05, 3.63) is 90.7 Å². The number of pyridine rings is 6. The van der Waals surface area contributed by atoms with Crippen molar-refractivity contribution in [3.63, 3.8) is 0 Å². The number of likely N-dealkylation sites (tertiary alicyclic amines) is 2. The van der Waals surface area contributed by atoms with Gasteiger partial charge in [0.25, 0.3) is 17.7 Å². The number of carbonyl (C=O) groups excluding carboxylic acids is 3. The van der Waals surface area contributed by atoms with Gasteiger partial charge in [-0.05, 0) is 97.1 Å². The van der Waals surface area contributed by atoms with E-state index in [1.807, 2.05) is 77.6 Å². The number of rotatable bonds is 12. The van der Waals surface area contributed by atoms with E-state index in [0.717, 1.165) is 33.2 Å². The molecule has 6 saturated heterocycles. The molecule has 12 rings (SSSR count). The quantitative estimate of drug-likeness (QED) is 0.134. The van der Waals surface area contributed by atoms with Crippen LogP contribution in [0.4, 0.5) is 30.2 Å². The third-order valence-corrected chi connectivity index (χ3v) is 16.8. The van der Waals surface area contributed by atoms with E-state index in [-0.39, 0.29) is 86.7 Å². The SMILES string of the molecule is C.CC1CN(c2cnc(C#N)c3ncccc23)CC(C(=O)NC[C@]2(F)CCN(C)C2)O1.CC1CN(c2cnc(C#N)c3ncccc23)CC(C(=O)NC[C@]2(F)CCN(C)C2)O1.C[C@@H]1CN(c2cnc(C#N)c3ncccc23)CC(C(=O)NC[C@]2(F)CCNC2)O1. The number of anilines is 3. The molecule has 6 aromatic rings. The summed E-state index contributed by atoms with van der Waals surface area (Å²) in [6.45, 7) is 11.1. The summed E-state index contributed by atoms with van der Waals surface area (Å²) in [6.07, 6.45) is 8.22. The largest absolute Gasteiger partial charge is 0.364 e. The number of nitrogens with zero attached hydrogens (tertiary/aromatic N) is 14. The highest BCUT2D eigenvalue weighted by molar-refractivity contribution is 5.96. The Morgan fingerprint density at radius 1 is 0.544 bits per heavy atom. The van der Waals surface area contributed by atoms with Crippen LogP contribution in [0.2, 0.25) is 0 Å².